The van der Waals surface area contributed by atoms with Gasteiger partial charge in [-0.2, -0.15) is 4.98 Å². The SMILES string of the molecule is COc1ccc(S(=O)(=O)Nc2n[nH]c(-c3cccc([N+](=O)[O-])c3)n2)cc1OC. The van der Waals surface area contributed by atoms with Gasteiger partial charge in [0, 0.05) is 23.8 Å². The summed E-state index contributed by atoms with van der Waals surface area (Å²) in [7, 11) is -1.17. The van der Waals surface area contributed by atoms with Gasteiger partial charge in [-0.15, -0.1) is 5.10 Å². The van der Waals surface area contributed by atoms with Crippen LogP contribution in [0.2, 0.25) is 0 Å². The van der Waals surface area contributed by atoms with Crippen LogP contribution in [-0.4, -0.2) is 42.7 Å². The van der Waals surface area contributed by atoms with Crippen LogP contribution in [0.3, 0.4) is 0 Å². The van der Waals surface area contributed by atoms with E-state index >= 15 is 0 Å². The van der Waals surface area contributed by atoms with Crippen molar-refractivity contribution in [2.24, 2.45) is 0 Å². The van der Waals surface area contributed by atoms with Gasteiger partial charge in [0.25, 0.3) is 21.7 Å². The Morgan fingerprint density at radius 3 is 2.54 bits per heavy atom. The number of hydrogen-bond donors (Lipinski definition) is 2. The molecule has 12 heteroatoms. The summed E-state index contributed by atoms with van der Waals surface area (Å²) in [6, 6.07) is 9.81. The third-order valence-electron chi connectivity index (χ3n) is 3.71. The molecular formula is C16H15N5O6S. The first kappa shape index (κ1) is 19.1. The molecule has 0 aliphatic rings. The third kappa shape index (κ3) is 3.86. The number of rotatable bonds is 7. The van der Waals surface area contributed by atoms with Crippen LogP contribution in [0.1, 0.15) is 0 Å². The second-order valence-electron chi connectivity index (χ2n) is 5.44. The quantitative estimate of drug-likeness (QED) is 0.449. The minimum absolute atomic E-state index is 0.0770. The summed E-state index contributed by atoms with van der Waals surface area (Å²) in [5.74, 6) is 0.593. The van der Waals surface area contributed by atoms with Gasteiger partial charge in [0.15, 0.2) is 17.3 Å². The Morgan fingerprint density at radius 1 is 1.11 bits per heavy atom. The first-order valence-electron chi connectivity index (χ1n) is 7.76. The average molecular weight is 405 g/mol. The number of nitrogens with one attached hydrogen (secondary N) is 2. The number of hydrogen-bond acceptors (Lipinski definition) is 8. The van der Waals surface area contributed by atoms with Gasteiger partial charge in [-0.25, -0.2) is 13.1 Å². The lowest BCUT2D eigenvalue weighted by atomic mass is 10.2. The number of aromatic amines is 1. The summed E-state index contributed by atoms with van der Waals surface area (Å²) in [6.07, 6.45) is 0. The van der Waals surface area contributed by atoms with Gasteiger partial charge >= 0.3 is 0 Å². The van der Waals surface area contributed by atoms with E-state index < -0.39 is 14.9 Å². The largest absolute Gasteiger partial charge is 0.493 e. The van der Waals surface area contributed by atoms with Gasteiger partial charge in [-0.05, 0) is 12.1 Å². The van der Waals surface area contributed by atoms with Crippen molar-refractivity contribution >= 4 is 21.7 Å². The monoisotopic (exact) mass is 405 g/mol. The number of H-pyrrole nitrogens is 1. The Bertz CT molecular complexity index is 1130. The second-order valence-corrected chi connectivity index (χ2v) is 7.12. The van der Waals surface area contributed by atoms with Gasteiger partial charge in [0.2, 0.25) is 0 Å². The molecule has 0 atom stereocenters. The van der Waals surface area contributed by atoms with Crippen LogP contribution in [0.5, 0.6) is 11.5 Å². The maximum absolute atomic E-state index is 12.6. The third-order valence-corrected chi connectivity index (χ3v) is 5.03. The summed E-state index contributed by atoms with van der Waals surface area (Å²) in [5, 5.41) is 17.2. The molecule has 0 amide bonds. The van der Waals surface area contributed by atoms with Crippen molar-refractivity contribution in [2.45, 2.75) is 4.90 Å². The number of non-ortho nitro benzene ring substituents is 1. The molecule has 3 rings (SSSR count). The van der Waals surface area contributed by atoms with E-state index in [-0.39, 0.29) is 28.1 Å². The van der Waals surface area contributed by atoms with E-state index in [0.717, 1.165) is 0 Å². The zero-order chi connectivity index (χ0) is 20.3. The van der Waals surface area contributed by atoms with Crippen LogP contribution >= 0.6 is 0 Å². The molecule has 1 aromatic heterocycles. The summed E-state index contributed by atoms with van der Waals surface area (Å²) in [4.78, 5) is 14.3. The standard InChI is InChI=1S/C16H15N5O6S/c1-26-13-7-6-12(9-14(13)27-2)28(24,25)20-16-17-15(18-19-16)10-4-3-5-11(8-10)21(22)23/h3-9H,1-2H3,(H2,17,18,19,20). The number of methoxy groups -OCH3 is 2. The molecule has 3 aromatic rings. The van der Waals surface area contributed by atoms with Crippen molar-refractivity contribution in [2.75, 3.05) is 18.9 Å². The van der Waals surface area contributed by atoms with Gasteiger partial charge in [0.1, 0.15) is 0 Å². The van der Waals surface area contributed by atoms with Gasteiger partial charge in [-0.1, -0.05) is 12.1 Å². The van der Waals surface area contributed by atoms with E-state index in [1.165, 1.54) is 50.6 Å². The van der Waals surface area contributed by atoms with Crippen molar-refractivity contribution in [1.82, 2.24) is 15.2 Å². The highest BCUT2D eigenvalue weighted by Crippen LogP contribution is 2.30. The molecule has 2 aromatic carbocycles. The molecule has 0 saturated heterocycles. The highest BCUT2D eigenvalue weighted by atomic mass is 32.2. The zero-order valence-corrected chi connectivity index (χ0v) is 15.6. The Balaban J connectivity index is 1.86. The van der Waals surface area contributed by atoms with Crippen LogP contribution in [0, 0.1) is 10.1 Å². The minimum Gasteiger partial charge on any atom is -0.493 e. The summed E-state index contributed by atoms with van der Waals surface area (Å²) < 4.78 is 37.6. The molecule has 28 heavy (non-hydrogen) atoms. The smallest absolute Gasteiger partial charge is 0.270 e. The van der Waals surface area contributed by atoms with Gasteiger partial charge in [-0.3, -0.25) is 15.2 Å². The maximum atomic E-state index is 12.6. The summed E-state index contributed by atoms with van der Waals surface area (Å²) in [5.41, 5.74) is 0.264. The van der Waals surface area contributed by atoms with Crippen LogP contribution in [-0.2, 0) is 10.0 Å². The summed E-state index contributed by atoms with van der Waals surface area (Å²) in [6.45, 7) is 0. The molecule has 0 unspecified atom stereocenters. The number of aromatic nitrogens is 3. The Morgan fingerprint density at radius 2 is 1.86 bits per heavy atom. The molecule has 0 spiro atoms. The highest BCUT2D eigenvalue weighted by Gasteiger charge is 2.20. The van der Waals surface area contributed by atoms with E-state index in [1.54, 1.807) is 6.07 Å². The zero-order valence-electron chi connectivity index (χ0n) is 14.7. The molecule has 1 heterocycles. The molecule has 0 radical (unpaired) electrons. The number of ether oxygens (including phenoxy) is 2. The summed E-state index contributed by atoms with van der Waals surface area (Å²) >= 11 is 0. The number of sulfonamides is 1. The topological polar surface area (TPSA) is 149 Å². The molecule has 2 N–H and O–H groups in total. The van der Waals surface area contributed by atoms with E-state index in [0.29, 0.717) is 11.3 Å². The van der Waals surface area contributed by atoms with Crippen molar-refractivity contribution in [3.63, 3.8) is 0 Å². The molecule has 0 bridgehead atoms. The van der Waals surface area contributed by atoms with Gasteiger partial charge in [0.05, 0.1) is 24.0 Å². The predicted octanol–water partition coefficient (Wildman–Crippen LogP) is 2.20. The van der Waals surface area contributed by atoms with Crippen molar-refractivity contribution < 1.29 is 22.8 Å². The minimum atomic E-state index is -4.00. The number of nitrogens with zero attached hydrogens (tertiary/aromatic N) is 3. The predicted molar refractivity (Wildman–Crippen MR) is 98.8 cm³/mol. The maximum Gasteiger partial charge on any atom is 0.270 e. The normalized spacial score (nSPS) is 11.1. The van der Waals surface area contributed by atoms with Crippen molar-refractivity contribution in [1.29, 1.82) is 0 Å². The van der Waals surface area contributed by atoms with E-state index in [2.05, 4.69) is 19.9 Å². The molecule has 0 aliphatic carbocycles. The first-order valence-corrected chi connectivity index (χ1v) is 9.24. The lowest BCUT2D eigenvalue weighted by Gasteiger charge is -2.10. The van der Waals surface area contributed by atoms with Crippen LogP contribution in [0.4, 0.5) is 11.6 Å². The molecule has 0 aliphatic heterocycles. The van der Waals surface area contributed by atoms with Crippen LogP contribution in [0.15, 0.2) is 47.4 Å². The molecule has 0 fully saturated rings. The van der Waals surface area contributed by atoms with E-state index in [1.807, 2.05) is 0 Å². The Hall–Kier alpha value is -3.67. The fraction of sp³-hybridized carbons (Fsp3) is 0.125. The fourth-order valence-corrected chi connectivity index (χ4v) is 3.33. The molecular weight excluding hydrogens is 390 g/mol. The van der Waals surface area contributed by atoms with Crippen molar-refractivity contribution in [3.8, 4) is 22.9 Å². The second kappa shape index (κ2) is 7.52. The first-order chi connectivity index (χ1) is 13.3. The van der Waals surface area contributed by atoms with Gasteiger partial charge < -0.3 is 9.47 Å². The molecule has 0 saturated carbocycles. The lowest BCUT2D eigenvalue weighted by Crippen LogP contribution is -2.14. The van der Waals surface area contributed by atoms with E-state index in [4.69, 9.17) is 9.47 Å². The van der Waals surface area contributed by atoms with Crippen LogP contribution in [0.25, 0.3) is 11.4 Å². The molecule has 146 valence electrons. The number of nitro benzene ring substituents is 1. The number of nitro groups is 1. The number of anilines is 1. The van der Waals surface area contributed by atoms with E-state index in [9.17, 15) is 18.5 Å². The van der Waals surface area contributed by atoms with Crippen molar-refractivity contribution in [3.05, 3.63) is 52.6 Å². The molecule has 11 nitrogen and oxygen atoms in total. The highest BCUT2D eigenvalue weighted by molar-refractivity contribution is 7.92. The Kier molecular flexibility index (Phi) is 5.13. The number of benzene rings is 2. The van der Waals surface area contributed by atoms with Crippen LogP contribution < -0.4 is 14.2 Å². The Labute approximate surface area is 159 Å². The lowest BCUT2D eigenvalue weighted by molar-refractivity contribution is -0.384. The fourth-order valence-electron chi connectivity index (χ4n) is 2.37. The average Bonchev–Trinajstić information content (AvgIpc) is 3.15.